The molecule has 0 aliphatic heterocycles. The lowest BCUT2D eigenvalue weighted by Gasteiger charge is -2.19. The van der Waals surface area contributed by atoms with Gasteiger partial charge in [-0.05, 0) is 24.5 Å². The molecule has 8 heteroatoms. The number of hydrogen-bond donors (Lipinski definition) is 2. The Balaban J connectivity index is 0.00000243. The zero-order valence-electron chi connectivity index (χ0n) is 14.8. The summed E-state index contributed by atoms with van der Waals surface area (Å²) < 4.78 is 6.87. The van der Waals surface area contributed by atoms with Crippen LogP contribution in [-0.4, -0.2) is 28.0 Å². The highest BCUT2D eigenvalue weighted by Crippen LogP contribution is 2.23. The average Bonchev–Trinajstić information content (AvgIpc) is 2.96. The van der Waals surface area contributed by atoms with E-state index in [0.717, 1.165) is 11.8 Å². The summed E-state index contributed by atoms with van der Waals surface area (Å²) in [6.45, 7) is 4.38. The van der Waals surface area contributed by atoms with Crippen molar-refractivity contribution < 1.29 is 9.21 Å². The SMILES string of the molecule is CC(C)CC(CN)NC(=O)Cn1cnc2c(oc3ccccc32)c1=O.Cl. The highest BCUT2D eigenvalue weighted by atomic mass is 35.5. The van der Waals surface area contributed by atoms with Gasteiger partial charge in [0.15, 0.2) is 0 Å². The van der Waals surface area contributed by atoms with E-state index in [4.69, 9.17) is 10.2 Å². The topological polar surface area (TPSA) is 103 Å². The Kier molecular flexibility index (Phi) is 6.39. The van der Waals surface area contributed by atoms with Crippen LogP contribution in [0.1, 0.15) is 20.3 Å². The van der Waals surface area contributed by atoms with Crippen LogP contribution >= 0.6 is 12.4 Å². The molecular formula is C18H23ClN4O3. The fourth-order valence-corrected chi connectivity index (χ4v) is 2.94. The number of amides is 1. The van der Waals surface area contributed by atoms with E-state index in [2.05, 4.69) is 24.1 Å². The van der Waals surface area contributed by atoms with Crippen LogP contribution in [0.2, 0.25) is 0 Å². The molecule has 26 heavy (non-hydrogen) atoms. The van der Waals surface area contributed by atoms with E-state index in [1.54, 1.807) is 6.07 Å². The molecule has 0 saturated heterocycles. The number of para-hydroxylation sites is 1. The molecule has 140 valence electrons. The van der Waals surface area contributed by atoms with Crippen molar-refractivity contribution in [3.05, 3.63) is 40.9 Å². The van der Waals surface area contributed by atoms with Crippen molar-refractivity contribution in [1.82, 2.24) is 14.9 Å². The summed E-state index contributed by atoms with van der Waals surface area (Å²) in [5.41, 5.74) is 6.60. The summed E-state index contributed by atoms with van der Waals surface area (Å²) in [6.07, 6.45) is 2.17. The number of carbonyl (C=O) groups excluding carboxylic acids is 1. The zero-order valence-corrected chi connectivity index (χ0v) is 15.6. The summed E-state index contributed by atoms with van der Waals surface area (Å²) in [7, 11) is 0. The van der Waals surface area contributed by atoms with Gasteiger partial charge in [0.25, 0.3) is 5.56 Å². The molecule has 1 amide bonds. The summed E-state index contributed by atoms with van der Waals surface area (Å²) in [5.74, 6) is 0.153. The van der Waals surface area contributed by atoms with Crippen LogP contribution in [0.5, 0.6) is 0 Å². The van der Waals surface area contributed by atoms with E-state index in [1.807, 2.05) is 18.2 Å². The maximum atomic E-state index is 12.6. The maximum absolute atomic E-state index is 12.6. The van der Waals surface area contributed by atoms with Crippen LogP contribution in [0.3, 0.4) is 0 Å². The number of fused-ring (bicyclic) bond motifs is 3. The van der Waals surface area contributed by atoms with Gasteiger partial charge in [0.2, 0.25) is 11.5 Å². The maximum Gasteiger partial charge on any atom is 0.297 e. The van der Waals surface area contributed by atoms with E-state index in [1.165, 1.54) is 10.9 Å². The minimum absolute atomic E-state index is 0. The molecule has 3 rings (SSSR count). The minimum Gasteiger partial charge on any atom is -0.448 e. The summed E-state index contributed by atoms with van der Waals surface area (Å²) >= 11 is 0. The predicted molar refractivity (Wildman–Crippen MR) is 103 cm³/mol. The molecule has 0 fully saturated rings. The van der Waals surface area contributed by atoms with Crippen LogP contribution in [0.15, 0.2) is 39.8 Å². The standard InChI is InChI=1S/C18H22N4O3.ClH/c1-11(2)7-12(8-19)21-15(23)9-22-10-20-16-13-5-3-4-6-14(13)25-17(16)18(22)24;/h3-6,10-12H,7-9,19H2,1-2H3,(H,21,23);1H. The lowest BCUT2D eigenvalue weighted by atomic mass is 10.0. The van der Waals surface area contributed by atoms with Gasteiger partial charge in [-0.3, -0.25) is 14.2 Å². The van der Waals surface area contributed by atoms with Gasteiger partial charge in [-0.2, -0.15) is 0 Å². The Hall–Kier alpha value is -2.38. The molecule has 1 aromatic carbocycles. The number of nitrogens with zero attached hydrogens (tertiary/aromatic N) is 2. The normalized spacial score (nSPS) is 12.3. The van der Waals surface area contributed by atoms with Gasteiger partial charge < -0.3 is 15.5 Å². The second-order valence-electron chi connectivity index (χ2n) is 6.58. The quantitative estimate of drug-likeness (QED) is 0.683. The molecule has 1 atom stereocenters. The second-order valence-corrected chi connectivity index (χ2v) is 6.58. The molecular weight excluding hydrogens is 356 g/mol. The summed E-state index contributed by atoms with van der Waals surface area (Å²) in [6, 6.07) is 7.22. The molecule has 0 radical (unpaired) electrons. The number of benzene rings is 1. The van der Waals surface area contributed by atoms with Crippen LogP contribution in [0, 0.1) is 5.92 Å². The Morgan fingerprint density at radius 3 is 2.77 bits per heavy atom. The molecule has 0 aliphatic rings. The van der Waals surface area contributed by atoms with Gasteiger partial charge in [0.1, 0.15) is 17.6 Å². The molecule has 0 saturated carbocycles. The van der Waals surface area contributed by atoms with Gasteiger partial charge >= 0.3 is 0 Å². The number of nitrogens with two attached hydrogens (primary N) is 1. The molecule has 2 aromatic heterocycles. The first-order chi connectivity index (χ1) is 12.0. The first-order valence-corrected chi connectivity index (χ1v) is 8.35. The highest BCUT2D eigenvalue weighted by Gasteiger charge is 2.16. The fraction of sp³-hybridized carbons (Fsp3) is 0.389. The molecule has 0 aliphatic carbocycles. The van der Waals surface area contributed by atoms with Crippen molar-refractivity contribution in [2.75, 3.05) is 6.54 Å². The number of hydrogen-bond acceptors (Lipinski definition) is 5. The zero-order chi connectivity index (χ0) is 18.0. The lowest BCUT2D eigenvalue weighted by molar-refractivity contribution is -0.122. The third kappa shape index (κ3) is 4.05. The summed E-state index contributed by atoms with van der Waals surface area (Å²) in [4.78, 5) is 29.1. The fourth-order valence-electron chi connectivity index (χ4n) is 2.94. The van der Waals surface area contributed by atoms with Crippen LogP contribution in [0.4, 0.5) is 0 Å². The monoisotopic (exact) mass is 378 g/mol. The van der Waals surface area contributed by atoms with Gasteiger partial charge in [0, 0.05) is 18.0 Å². The van der Waals surface area contributed by atoms with E-state index < -0.39 is 0 Å². The number of carbonyl (C=O) groups is 1. The lowest BCUT2D eigenvalue weighted by Crippen LogP contribution is -2.43. The van der Waals surface area contributed by atoms with Gasteiger partial charge in [0.05, 0.1) is 6.33 Å². The van der Waals surface area contributed by atoms with E-state index in [9.17, 15) is 9.59 Å². The van der Waals surface area contributed by atoms with Gasteiger partial charge in [-0.15, -0.1) is 12.4 Å². The molecule has 7 nitrogen and oxygen atoms in total. The van der Waals surface area contributed by atoms with E-state index in [-0.39, 0.29) is 42.0 Å². The number of halogens is 1. The third-order valence-corrected chi connectivity index (χ3v) is 4.07. The van der Waals surface area contributed by atoms with Gasteiger partial charge in [-0.25, -0.2) is 4.98 Å². The number of furan rings is 1. The van der Waals surface area contributed by atoms with Crippen molar-refractivity contribution in [3.8, 4) is 0 Å². The molecule has 0 bridgehead atoms. The van der Waals surface area contributed by atoms with Gasteiger partial charge in [-0.1, -0.05) is 26.0 Å². The van der Waals surface area contributed by atoms with Crippen LogP contribution in [0.25, 0.3) is 22.1 Å². The Morgan fingerprint density at radius 1 is 1.35 bits per heavy atom. The first-order valence-electron chi connectivity index (χ1n) is 8.35. The van der Waals surface area contributed by atoms with Crippen molar-refractivity contribution in [3.63, 3.8) is 0 Å². The minimum atomic E-state index is -0.371. The van der Waals surface area contributed by atoms with Crippen molar-refractivity contribution in [1.29, 1.82) is 0 Å². The van der Waals surface area contributed by atoms with Crippen molar-refractivity contribution in [2.45, 2.75) is 32.9 Å². The molecule has 0 spiro atoms. The molecule has 3 N–H and O–H groups in total. The van der Waals surface area contributed by atoms with Crippen LogP contribution < -0.4 is 16.6 Å². The highest BCUT2D eigenvalue weighted by molar-refractivity contribution is 6.01. The number of rotatable bonds is 6. The Labute approximate surface area is 157 Å². The smallest absolute Gasteiger partial charge is 0.297 e. The third-order valence-electron chi connectivity index (χ3n) is 4.07. The number of aromatic nitrogens is 2. The first kappa shape index (κ1) is 19.9. The molecule has 2 heterocycles. The van der Waals surface area contributed by atoms with Crippen molar-refractivity contribution >= 4 is 40.4 Å². The Bertz CT molecular complexity index is 964. The van der Waals surface area contributed by atoms with E-state index in [0.29, 0.717) is 23.6 Å². The van der Waals surface area contributed by atoms with E-state index >= 15 is 0 Å². The predicted octanol–water partition coefficient (Wildman–Crippen LogP) is 2.05. The number of nitrogens with one attached hydrogen (secondary N) is 1. The molecule has 1 unspecified atom stereocenters. The summed E-state index contributed by atoms with van der Waals surface area (Å²) in [5, 5.41) is 3.65. The average molecular weight is 379 g/mol. The largest absolute Gasteiger partial charge is 0.448 e. The Morgan fingerprint density at radius 2 is 2.08 bits per heavy atom. The van der Waals surface area contributed by atoms with Crippen molar-refractivity contribution in [2.24, 2.45) is 11.7 Å². The second kappa shape index (κ2) is 8.33. The van der Waals surface area contributed by atoms with Crippen LogP contribution in [-0.2, 0) is 11.3 Å². The molecule has 3 aromatic rings.